The molecule has 27 heteroatoms. The summed E-state index contributed by atoms with van der Waals surface area (Å²) in [6.07, 6.45) is 8.60. The van der Waals surface area contributed by atoms with Gasteiger partial charge in [0.1, 0.15) is 27.0 Å². The Morgan fingerprint density at radius 2 is 1.16 bits per heavy atom. The molecular formula is C41H31N9O15S3. The van der Waals surface area contributed by atoms with Gasteiger partial charge in [-0.25, -0.2) is 0 Å². The van der Waals surface area contributed by atoms with Crippen LogP contribution in [0.4, 0.5) is 34.1 Å². The lowest BCUT2D eigenvalue weighted by Crippen LogP contribution is -2.28. The summed E-state index contributed by atoms with van der Waals surface area (Å²) in [4.78, 5) is 47.8. The quantitative estimate of drug-likeness (QED) is 0.0349. The number of hydrogen-bond donors (Lipinski definition) is 8. The number of fused-ring (bicyclic) bond motifs is 1. The van der Waals surface area contributed by atoms with Gasteiger partial charge in [-0.1, -0.05) is 0 Å². The Labute approximate surface area is 384 Å². The molecule has 0 heterocycles. The van der Waals surface area contributed by atoms with Crippen LogP contribution in [0.1, 0.15) is 15.9 Å². The summed E-state index contributed by atoms with van der Waals surface area (Å²) in [6, 6.07) is 16.6. The van der Waals surface area contributed by atoms with Gasteiger partial charge in [0.15, 0.2) is 5.71 Å². The maximum absolute atomic E-state index is 13.9. The highest BCUT2D eigenvalue weighted by molar-refractivity contribution is 7.91. The second-order valence-corrected chi connectivity index (χ2v) is 18.3. The van der Waals surface area contributed by atoms with E-state index in [1.165, 1.54) is 73.9 Å². The van der Waals surface area contributed by atoms with Crippen molar-refractivity contribution in [3.05, 3.63) is 153 Å². The number of ether oxygens (including phenoxy) is 1. The molecule has 0 fully saturated rings. The van der Waals surface area contributed by atoms with Gasteiger partial charge in [-0.05, 0) is 103 Å². The van der Waals surface area contributed by atoms with Crippen molar-refractivity contribution in [2.45, 2.75) is 9.79 Å². The van der Waals surface area contributed by atoms with Crippen LogP contribution in [-0.4, -0.2) is 85.4 Å². The molecule has 0 aliphatic heterocycles. The van der Waals surface area contributed by atoms with Gasteiger partial charge in [0, 0.05) is 41.4 Å². The number of anilines is 5. The molecule has 4 aromatic carbocycles. The van der Waals surface area contributed by atoms with Gasteiger partial charge in [-0.2, -0.15) is 40.6 Å². The van der Waals surface area contributed by atoms with Gasteiger partial charge in [-0.15, -0.1) is 0 Å². The van der Waals surface area contributed by atoms with Crippen LogP contribution < -0.4 is 31.6 Å². The average Bonchev–Trinajstić information content (AvgIpc) is 3.27. The van der Waals surface area contributed by atoms with E-state index < -0.39 is 84.4 Å². The summed E-state index contributed by atoms with van der Waals surface area (Å²) >= 11 is 0. The third-order valence-corrected chi connectivity index (χ3v) is 12.1. The van der Waals surface area contributed by atoms with Crippen molar-refractivity contribution < 1.29 is 63.0 Å². The minimum absolute atomic E-state index is 0.0125. The van der Waals surface area contributed by atoms with Crippen LogP contribution in [0.25, 0.3) is 6.08 Å². The number of Topliss-reactive ketones (excluding diaryl/α,β-unsaturated/α-hetero) is 1. The molecule has 7 rings (SSSR count). The number of methoxy groups -OCH3 is 1. The van der Waals surface area contributed by atoms with Crippen molar-refractivity contribution >= 4 is 105 Å². The Morgan fingerprint density at radius 1 is 0.603 bits per heavy atom. The highest BCUT2D eigenvalue weighted by atomic mass is 32.2. The fraction of sp³-hybridized carbons (Fsp3) is 0.0244. The first kappa shape index (κ1) is 47.5. The number of hydrazone groups is 3. The minimum atomic E-state index is -5.16. The molecule has 68 heavy (non-hydrogen) atoms. The molecule has 24 nitrogen and oxygen atoms in total. The van der Waals surface area contributed by atoms with Crippen molar-refractivity contribution in [3.8, 4) is 5.75 Å². The number of non-ortho nitro benzene ring substituents is 1. The number of carbonyl (C=O) groups is 3. The van der Waals surface area contributed by atoms with Gasteiger partial charge in [0.05, 0.1) is 45.2 Å². The number of allylic oxidation sites excluding steroid dienone is 7. The lowest BCUT2D eigenvalue weighted by molar-refractivity contribution is -0.385. The van der Waals surface area contributed by atoms with Crippen molar-refractivity contribution in [2.75, 3.05) is 28.7 Å². The van der Waals surface area contributed by atoms with Crippen LogP contribution in [0.3, 0.4) is 0 Å². The number of nitro benzene ring substituents is 1. The normalized spacial score (nSPS) is 16.7. The summed E-state index contributed by atoms with van der Waals surface area (Å²) in [7, 11) is -13.5. The lowest BCUT2D eigenvalue weighted by atomic mass is 9.93. The smallest absolute Gasteiger partial charge is 0.296 e. The van der Waals surface area contributed by atoms with Gasteiger partial charge >= 0.3 is 0 Å². The van der Waals surface area contributed by atoms with Gasteiger partial charge < -0.3 is 15.4 Å². The Bertz CT molecular complexity index is 3450. The minimum Gasteiger partial charge on any atom is -0.497 e. The molecule has 0 unspecified atom stereocenters. The third kappa shape index (κ3) is 11.0. The number of hydrogen-bond acceptors (Lipinski definition) is 20. The van der Waals surface area contributed by atoms with Crippen LogP contribution in [0.2, 0.25) is 0 Å². The highest BCUT2D eigenvalue weighted by Crippen LogP contribution is 2.34. The van der Waals surface area contributed by atoms with Gasteiger partial charge in [0.2, 0.25) is 17.3 Å². The van der Waals surface area contributed by atoms with E-state index in [-0.39, 0.29) is 45.3 Å². The molecule has 8 N–H and O–H groups in total. The number of nitrogens with zero attached hydrogens (tertiary/aromatic N) is 4. The standard InChI is InChI=1S/C41H31N9O15S3/c1-65-29-11-6-25(7-12-29)45-49-40-38(68(62,63)64)17-22-16-30(66(56,57)58)21-34(39(22)41(40)53)48-47-32-14-9-27(19-36(32)52)42-26-8-13-31(35(51)18-26)46-44-24-4-2-23(3-5-24)43-33-15-10-28(50(54)55)20-37(33)67(59,60)61/h2-21,42-45,48H,1H3,(H,56,57,58)(H,59,60,61)(H,62,63,64)/b46-31-,47-32+,49-40-. The Kier molecular flexibility index (Phi) is 13.1. The first-order valence-electron chi connectivity index (χ1n) is 18.9. The van der Waals surface area contributed by atoms with E-state index in [0.29, 0.717) is 23.2 Å². The number of nitrogens with one attached hydrogen (secondary N) is 5. The maximum Gasteiger partial charge on any atom is 0.296 e. The second-order valence-electron chi connectivity index (χ2n) is 14.1. The monoisotopic (exact) mass is 985 g/mol. The molecular weight excluding hydrogens is 955 g/mol. The molecule has 0 bridgehead atoms. The summed E-state index contributed by atoms with van der Waals surface area (Å²) in [5, 5.41) is 28.8. The summed E-state index contributed by atoms with van der Waals surface area (Å²) in [5.74, 6) is -1.90. The Hall–Kier alpha value is -8.47. The van der Waals surface area contributed by atoms with E-state index in [1.54, 1.807) is 12.1 Å². The van der Waals surface area contributed by atoms with E-state index in [2.05, 4.69) is 42.2 Å². The van der Waals surface area contributed by atoms with Gasteiger partial charge in [0.25, 0.3) is 36.0 Å². The number of carbonyl (C=O) groups excluding carboxylic acids is 3. The molecule has 3 aliphatic carbocycles. The highest BCUT2D eigenvalue weighted by Gasteiger charge is 2.36. The van der Waals surface area contributed by atoms with Crippen molar-refractivity contribution in [1.29, 1.82) is 0 Å². The second kappa shape index (κ2) is 18.8. The largest absolute Gasteiger partial charge is 0.497 e. The fourth-order valence-corrected chi connectivity index (χ4v) is 8.14. The zero-order valence-electron chi connectivity index (χ0n) is 34.3. The summed E-state index contributed by atoms with van der Waals surface area (Å²) < 4.78 is 108. The molecule has 0 spiro atoms. The number of ketones is 3. The predicted molar refractivity (Wildman–Crippen MR) is 247 cm³/mol. The molecule has 4 aromatic rings. The van der Waals surface area contributed by atoms with E-state index in [4.69, 9.17) is 4.74 Å². The SMILES string of the molecule is COc1ccc(N/N=C2\C(=O)c3c(cc(S(=O)(=O)O)cc3N/N=C3\C=CC(NC4=CC(=O)/C(=N\Nc5ccc(Nc6ccc([N+](=O)[O-])cc6S(=O)(=O)O)cc5)C=C4)=CC3=O)C=C2S(=O)(=O)O)cc1. The Morgan fingerprint density at radius 3 is 1.69 bits per heavy atom. The number of benzene rings is 4. The van der Waals surface area contributed by atoms with Crippen molar-refractivity contribution in [3.63, 3.8) is 0 Å². The molecule has 0 radical (unpaired) electrons. The molecule has 3 aliphatic rings. The van der Waals surface area contributed by atoms with E-state index >= 15 is 0 Å². The van der Waals surface area contributed by atoms with E-state index in [9.17, 15) is 63.4 Å². The fourth-order valence-electron chi connectivity index (χ4n) is 6.28. The van der Waals surface area contributed by atoms with E-state index in [1.807, 2.05) is 0 Å². The summed E-state index contributed by atoms with van der Waals surface area (Å²) in [6.45, 7) is 0. The van der Waals surface area contributed by atoms with Crippen LogP contribution in [0, 0.1) is 10.1 Å². The molecule has 0 saturated carbocycles. The Balaban J connectivity index is 1.02. The number of rotatable bonds is 15. The van der Waals surface area contributed by atoms with Crippen molar-refractivity contribution in [1.82, 2.24) is 5.32 Å². The number of nitro groups is 1. The van der Waals surface area contributed by atoms with Crippen LogP contribution >= 0.6 is 0 Å². The molecule has 0 amide bonds. The van der Waals surface area contributed by atoms with Crippen LogP contribution in [-0.2, 0) is 39.9 Å². The topological polar surface area (TPSA) is 364 Å². The zero-order valence-corrected chi connectivity index (χ0v) is 36.8. The van der Waals surface area contributed by atoms with E-state index in [0.717, 1.165) is 36.4 Å². The van der Waals surface area contributed by atoms with Crippen molar-refractivity contribution in [2.24, 2.45) is 15.3 Å². The van der Waals surface area contributed by atoms with Crippen LogP contribution in [0.15, 0.2) is 157 Å². The first-order chi connectivity index (χ1) is 32.1. The molecule has 348 valence electrons. The third-order valence-electron chi connectivity index (χ3n) is 9.50. The first-order valence-corrected chi connectivity index (χ1v) is 23.2. The average molecular weight is 986 g/mol. The molecule has 0 atom stereocenters. The predicted octanol–water partition coefficient (Wildman–Crippen LogP) is 4.60. The summed E-state index contributed by atoms with van der Waals surface area (Å²) in [5.41, 5.74) is 6.22. The molecule has 0 saturated heterocycles. The lowest BCUT2D eigenvalue weighted by Gasteiger charge is -2.20. The zero-order chi connectivity index (χ0) is 49.1. The molecule has 0 aromatic heterocycles. The van der Waals surface area contributed by atoms with Gasteiger partial charge in [-0.3, -0.25) is 54.4 Å². The van der Waals surface area contributed by atoms with Crippen LogP contribution in [0.5, 0.6) is 5.75 Å². The maximum atomic E-state index is 13.9.